The molecule has 1 atom stereocenters. The van der Waals surface area contributed by atoms with Crippen molar-refractivity contribution in [2.45, 2.75) is 38.3 Å². The summed E-state index contributed by atoms with van der Waals surface area (Å²) in [5, 5.41) is 0. The van der Waals surface area contributed by atoms with Gasteiger partial charge in [0, 0.05) is 19.1 Å². The van der Waals surface area contributed by atoms with Gasteiger partial charge in [-0.2, -0.15) is 0 Å². The van der Waals surface area contributed by atoms with E-state index in [0.29, 0.717) is 17.9 Å². The second-order valence-corrected chi connectivity index (χ2v) is 5.98. The van der Waals surface area contributed by atoms with E-state index in [1.807, 2.05) is 11.8 Å². The first-order valence-corrected chi connectivity index (χ1v) is 7.86. The number of rotatable bonds is 3. The third-order valence-electron chi connectivity index (χ3n) is 4.45. The fourth-order valence-electron chi connectivity index (χ4n) is 3.01. The molecule has 2 N–H and O–H groups in total. The lowest BCUT2D eigenvalue weighted by molar-refractivity contribution is 0.139. The summed E-state index contributed by atoms with van der Waals surface area (Å²) in [6, 6.07) is 5.16. The summed E-state index contributed by atoms with van der Waals surface area (Å²) in [5.74, 6) is -0.305. The van der Waals surface area contributed by atoms with Crippen LogP contribution in [0.5, 0.6) is 0 Å². The lowest BCUT2D eigenvalue weighted by Gasteiger charge is -2.32. The van der Waals surface area contributed by atoms with E-state index in [0.717, 1.165) is 32.4 Å². The maximum Gasteiger partial charge on any atom is 0.414 e. The number of benzene rings is 1. The van der Waals surface area contributed by atoms with Crippen LogP contribution in [-0.4, -0.2) is 37.9 Å². The van der Waals surface area contributed by atoms with Gasteiger partial charge in [0.15, 0.2) is 0 Å². The predicted molar refractivity (Wildman–Crippen MR) is 83.7 cm³/mol. The second kappa shape index (κ2) is 6.12. The SMILES string of the molecule is CCC1CN(c2ccc(N3CCC(N)CC3)c(F)c2)C(=O)O1. The summed E-state index contributed by atoms with van der Waals surface area (Å²) < 4.78 is 19.7. The van der Waals surface area contributed by atoms with Gasteiger partial charge < -0.3 is 15.4 Å². The zero-order valence-electron chi connectivity index (χ0n) is 12.8. The number of hydrogen-bond acceptors (Lipinski definition) is 4. The molecule has 2 aliphatic heterocycles. The van der Waals surface area contributed by atoms with Crippen molar-refractivity contribution in [2.75, 3.05) is 29.4 Å². The van der Waals surface area contributed by atoms with Gasteiger partial charge in [-0.25, -0.2) is 9.18 Å². The minimum absolute atomic E-state index is 0.112. The normalized spacial score (nSPS) is 23.0. The summed E-state index contributed by atoms with van der Waals surface area (Å²) in [4.78, 5) is 15.3. The molecule has 1 aromatic rings. The van der Waals surface area contributed by atoms with Crippen LogP contribution in [0.3, 0.4) is 0 Å². The fraction of sp³-hybridized carbons (Fsp3) is 0.562. The molecular formula is C16H22FN3O2. The van der Waals surface area contributed by atoms with Gasteiger partial charge in [0.25, 0.3) is 0 Å². The van der Waals surface area contributed by atoms with E-state index < -0.39 is 6.09 Å². The standard InChI is InChI=1S/C16H22FN3O2/c1-2-13-10-20(16(21)22-13)12-3-4-15(14(17)9-12)19-7-5-11(18)6-8-19/h3-4,9,11,13H,2,5-8,10,18H2,1H3. The Balaban J connectivity index is 1.76. The highest BCUT2D eigenvalue weighted by molar-refractivity contribution is 5.90. The average molecular weight is 307 g/mol. The summed E-state index contributed by atoms with van der Waals surface area (Å²) in [6.45, 7) is 3.97. The Hall–Kier alpha value is -1.82. The third kappa shape index (κ3) is 2.88. The molecule has 6 heteroatoms. The zero-order valence-corrected chi connectivity index (χ0v) is 12.8. The number of carbonyl (C=O) groups excluding carboxylic acids is 1. The van der Waals surface area contributed by atoms with E-state index >= 15 is 0 Å². The maximum atomic E-state index is 14.4. The number of piperidine rings is 1. The van der Waals surface area contributed by atoms with Crippen LogP contribution in [0.2, 0.25) is 0 Å². The van der Waals surface area contributed by atoms with Crippen molar-refractivity contribution < 1.29 is 13.9 Å². The molecular weight excluding hydrogens is 285 g/mol. The fourth-order valence-corrected chi connectivity index (χ4v) is 3.01. The first kappa shape index (κ1) is 15.1. The van der Waals surface area contributed by atoms with Gasteiger partial charge in [-0.15, -0.1) is 0 Å². The van der Waals surface area contributed by atoms with Gasteiger partial charge in [0.1, 0.15) is 11.9 Å². The van der Waals surface area contributed by atoms with Crippen molar-refractivity contribution in [3.63, 3.8) is 0 Å². The second-order valence-electron chi connectivity index (χ2n) is 5.98. The van der Waals surface area contributed by atoms with E-state index in [-0.39, 0.29) is 18.0 Å². The lowest BCUT2D eigenvalue weighted by Crippen LogP contribution is -2.40. The Bertz CT molecular complexity index is 558. The Morgan fingerprint density at radius 1 is 1.36 bits per heavy atom. The van der Waals surface area contributed by atoms with E-state index in [1.165, 1.54) is 11.0 Å². The van der Waals surface area contributed by atoms with Crippen molar-refractivity contribution >= 4 is 17.5 Å². The minimum Gasteiger partial charge on any atom is -0.444 e. The van der Waals surface area contributed by atoms with E-state index in [4.69, 9.17) is 10.5 Å². The summed E-state index contributed by atoms with van der Waals surface area (Å²) in [5.41, 5.74) is 7.01. The van der Waals surface area contributed by atoms with Crippen LogP contribution >= 0.6 is 0 Å². The van der Waals surface area contributed by atoms with Crippen LogP contribution in [0, 0.1) is 5.82 Å². The molecule has 0 aromatic heterocycles. The number of carbonyl (C=O) groups is 1. The Morgan fingerprint density at radius 2 is 2.09 bits per heavy atom. The molecule has 2 saturated heterocycles. The van der Waals surface area contributed by atoms with Crippen molar-refractivity contribution in [1.29, 1.82) is 0 Å². The quantitative estimate of drug-likeness (QED) is 0.932. The van der Waals surface area contributed by atoms with Crippen molar-refractivity contribution in [2.24, 2.45) is 5.73 Å². The van der Waals surface area contributed by atoms with Crippen LogP contribution in [0.15, 0.2) is 18.2 Å². The molecule has 5 nitrogen and oxygen atoms in total. The number of cyclic esters (lactones) is 1. The molecule has 0 spiro atoms. The highest BCUT2D eigenvalue weighted by Crippen LogP contribution is 2.29. The van der Waals surface area contributed by atoms with Crippen molar-refractivity contribution in [3.05, 3.63) is 24.0 Å². The van der Waals surface area contributed by atoms with Gasteiger partial charge >= 0.3 is 6.09 Å². The third-order valence-corrected chi connectivity index (χ3v) is 4.45. The van der Waals surface area contributed by atoms with Crippen LogP contribution in [-0.2, 0) is 4.74 Å². The average Bonchev–Trinajstić information content (AvgIpc) is 2.89. The van der Waals surface area contributed by atoms with Gasteiger partial charge in [0.05, 0.1) is 17.9 Å². The van der Waals surface area contributed by atoms with Crippen LogP contribution in [0.1, 0.15) is 26.2 Å². The first-order chi connectivity index (χ1) is 10.6. The highest BCUT2D eigenvalue weighted by Gasteiger charge is 2.31. The van der Waals surface area contributed by atoms with E-state index in [2.05, 4.69) is 0 Å². The largest absolute Gasteiger partial charge is 0.444 e. The van der Waals surface area contributed by atoms with E-state index in [9.17, 15) is 9.18 Å². The number of nitrogens with two attached hydrogens (primary N) is 1. The van der Waals surface area contributed by atoms with Crippen LogP contribution in [0.4, 0.5) is 20.6 Å². The molecule has 22 heavy (non-hydrogen) atoms. The highest BCUT2D eigenvalue weighted by atomic mass is 19.1. The number of anilines is 2. The first-order valence-electron chi connectivity index (χ1n) is 7.86. The van der Waals surface area contributed by atoms with Gasteiger partial charge in [-0.1, -0.05) is 6.92 Å². The summed E-state index contributed by atoms with van der Waals surface area (Å²) in [6.07, 6.45) is 1.99. The molecule has 1 aromatic carbocycles. The molecule has 0 bridgehead atoms. The molecule has 2 fully saturated rings. The Labute approximate surface area is 129 Å². The topological polar surface area (TPSA) is 58.8 Å². The summed E-state index contributed by atoms with van der Waals surface area (Å²) >= 11 is 0. The number of halogens is 1. The smallest absolute Gasteiger partial charge is 0.414 e. The minimum atomic E-state index is -0.400. The molecule has 0 saturated carbocycles. The predicted octanol–water partition coefficient (Wildman–Crippen LogP) is 2.49. The van der Waals surface area contributed by atoms with Crippen LogP contribution in [0.25, 0.3) is 0 Å². The monoisotopic (exact) mass is 307 g/mol. The summed E-state index contributed by atoms with van der Waals surface area (Å²) in [7, 11) is 0. The molecule has 3 rings (SSSR count). The molecule has 0 radical (unpaired) electrons. The zero-order chi connectivity index (χ0) is 15.7. The number of amides is 1. The van der Waals surface area contributed by atoms with Gasteiger partial charge in [-0.05, 0) is 37.5 Å². The number of nitrogens with zero attached hydrogens (tertiary/aromatic N) is 2. The maximum absolute atomic E-state index is 14.4. The van der Waals surface area contributed by atoms with Gasteiger partial charge in [-0.3, -0.25) is 4.90 Å². The van der Waals surface area contributed by atoms with Crippen molar-refractivity contribution in [1.82, 2.24) is 0 Å². The van der Waals surface area contributed by atoms with E-state index in [1.54, 1.807) is 12.1 Å². The van der Waals surface area contributed by atoms with Crippen molar-refractivity contribution in [3.8, 4) is 0 Å². The molecule has 1 amide bonds. The molecule has 120 valence electrons. The Kier molecular flexibility index (Phi) is 4.20. The Morgan fingerprint density at radius 3 is 2.68 bits per heavy atom. The number of hydrogen-bond donors (Lipinski definition) is 1. The van der Waals surface area contributed by atoms with Gasteiger partial charge in [0.2, 0.25) is 0 Å². The number of ether oxygens (including phenoxy) is 1. The molecule has 2 heterocycles. The molecule has 0 aliphatic carbocycles. The molecule has 1 unspecified atom stereocenters. The van der Waals surface area contributed by atoms with Crippen LogP contribution < -0.4 is 15.5 Å². The molecule has 2 aliphatic rings. The lowest BCUT2D eigenvalue weighted by atomic mass is 10.1.